The average molecular weight is 399 g/mol. The van der Waals surface area contributed by atoms with Crippen molar-refractivity contribution in [2.75, 3.05) is 5.32 Å². The lowest BCUT2D eigenvalue weighted by atomic mass is 10.1. The molecule has 0 aliphatic heterocycles. The number of carboxylic acids is 1. The minimum absolute atomic E-state index is 0.0525. The summed E-state index contributed by atoms with van der Waals surface area (Å²) >= 11 is 1.12. The number of carbonyl (C=O) groups excluding carboxylic acids is 1. The molecule has 0 unspecified atom stereocenters. The first-order valence-corrected chi connectivity index (χ1v) is 9.81. The molecule has 7 nitrogen and oxygen atoms in total. The quantitative estimate of drug-likeness (QED) is 0.662. The van der Waals surface area contributed by atoms with Crippen LogP contribution < -0.4 is 10.9 Å². The molecular formula is C20H21N3O4S. The Labute approximate surface area is 165 Å². The van der Waals surface area contributed by atoms with Gasteiger partial charge in [-0.05, 0) is 31.9 Å². The molecule has 0 spiro atoms. The minimum Gasteiger partial charge on any atom is -0.478 e. The van der Waals surface area contributed by atoms with E-state index in [0.717, 1.165) is 28.9 Å². The second kappa shape index (κ2) is 7.93. The molecule has 146 valence electrons. The van der Waals surface area contributed by atoms with Gasteiger partial charge in [-0.3, -0.25) is 14.2 Å². The summed E-state index contributed by atoms with van der Waals surface area (Å²) in [6.07, 6.45) is 1.26. The van der Waals surface area contributed by atoms with Crippen LogP contribution in [0.2, 0.25) is 0 Å². The average Bonchev–Trinajstić information content (AvgIpc) is 3.05. The number of nitrogens with one attached hydrogen (secondary N) is 1. The van der Waals surface area contributed by atoms with Crippen molar-refractivity contribution >= 4 is 39.1 Å². The van der Waals surface area contributed by atoms with E-state index in [0.29, 0.717) is 22.8 Å². The van der Waals surface area contributed by atoms with Crippen molar-refractivity contribution < 1.29 is 14.7 Å². The van der Waals surface area contributed by atoms with Crippen molar-refractivity contribution in [1.82, 2.24) is 9.55 Å². The summed E-state index contributed by atoms with van der Waals surface area (Å²) in [6, 6.07) is 5.68. The minimum atomic E-state index is -1.18. The Morgan fingerprint density at radius 1 is 1.29 bits per heavy atom. The highest BCUT2D eigenvalue weighted by Crippen LogP contribution is 2.22. The van der Waals surface area contributed by atoms with E-state index in [1.807, 2.05) is 39.0 Å². The molecule has 3 rings (SSSR count). The largest absolute Gasteiger partial charge is 0.478 e. The van der Waals surface area contributed by atoms with Gasteiger partial charge in [-0.15, -0.1) is 11.3 Å². The topological polar surface area (TPSA) is 101 Å². The fraction of sp³-hybridized carbons (Fsp3) is 0.300. The Morgan fingerprint density at radius 2 is 2.04 bits per heavy atom. The normalized spacial score (nSPS) is 11.0. The van der Waals surface area contributed by atoms with Crippen LogP contribution in [0.25, 0.3) is 10.2 Å². The SMILES string of the molecule is CCCc1nc2scc(C(=O)O)c2c(=O)n1CC(=O)Nc1ccc(C)cc1C. The molecule has 0 saturated carbocycles. The van der Waals surface area contributed by atoms with Gasteiger partial charge in [0.1, 0.15) is 17.2 Å². The summed E-state index contributed by atoms with van der Waals surface area (Å²) in [5.41, 5.74) is 2.11. The molecule has 2 N–H and O–H groups in total. The first-order valence-electron chi connectivity index (χ1n) is 8.93. The zero-order valence-electron chi connectivity index (χ0n) is 15.9. The zero-order chi connectivity index (χ0) is 20.4. The summed E-state index contributed by atoms with van der Waals surface area (Å²) < 4.78 is 1.28. The summed E-state index contributed by atoms with van der Waals surface area (Å²) in [5.74, 6) is -1.06. The molecule has 0 aliphatic carbocycles. The maximum atomic E-state index is 13.0. The third kappa shape index (κ3) is 3.82. The fourth-order valence-electron chi connectivity index (χ4n) is 3.09. The number of hydrogen-bond donors (Lipinski definition) is 2. The van der Waals surface area contributed by atoms with E-state index in [9.17, 15) is 19.5 Å². The van der Waals surface area contributed by atoms with Crippen LogP contribution in [0.1, 0.15) is 40.7 Å². The van der Waals surface area contributed by atoms with Gasteiger partial charge in [-0.2, -0.15) is 0 Å². The lowest BCUT2D eigenvalue weighted by Gasteiger charge is -2.13. The molecule has 3 aromatic rings. The van der Waals surface area contributed by atoms with Crippen molar-refractivity contribution in [3.8, 4) is 0 Å². The zero-order valence-corrected chi connectivity index (χ0v) is 16.7. The molecule has 1 amide bonds. The number of rotatable bonds is 6. The standard InChI is InChI=1S/C20H21N3O4S/c1-4-5-15-22-18-17(13(10-28-18)20(26)27)19(25)23(15)9-16(24)21-14-7-6-11(2)8-12(14)3/h6-8,10H,4-5,9H2,1-3H3,(H,21,24)(H,26,27). The number of amides is 1. The summed E-state index contributed by atoms with van der Waals surface area (Å²) in [5, 5.41) is 13.6. The van der Waals surface area contributed by atoms with Gasteiger partial charge in [-0.25, -0.2) is 9.78 Å². The highest BCUT2D eigenvalue weighted by atomic mass is 32.1. The molecule has 2 heterocycles. The fourth-order valence-corrected chi connectivity index (χ4v) is 4.01. The second-order valence-electron chi connectivity index (χ2n) is 6.67. The number of hydrogen-bond acceptors (Lipinski definition) is 5. The van der Waals surface area contributed by atoms with Gasteiger partial charge in [0.15, 0.2) is 0 Å². The molecule has 0 atom stereocenters. The van der Waals surface area contributed by atoms with Gasteiger partial charge in [0.05, 0.1) is 10.9 Å². The highest BCUT2D eigenvalue weighted by Gasteiger charge is 2.20. The van der Waals surface area contributed by atoms with E-state index in [2.05, 4.69) is 10.3 Å². The number of thiophene rings is 1. The van der Waals surface area contributed by atoms with Crippen LogP contribution in [-0.2, 0) is 17.8 Å². The number of aromatic carboxylic acids is 1. The monoisotopic (exact) mass is 399 g/mol. The highest BCUT2D eigenvalue weighted by molar-refractivity contribution is 7.17. The number of aryl methyl sites for hydroxylation is 3. The van der Waals surface area contributed by atoms with Crippen LogP contribution >= 0.6 is 11.3 Å². The molecule has 0 aliphatic rings. The lowest BCUT2D eigenvalue weighted by Crippen LogP contribution is -2.31. The van der Waals surface area contributed by atoms with Crippen LogP contribution in [0, 0.1) is 13.8 Å². The molecule has 0 saturated heterocycles. The van der Waals surface area contributed by atoms with Crippen molar-refractivity contribution in [3.63, 3.8) is 0 Å². The van der Waals surface area contributed by atoms with Crippen molar-refractivity contribution in [3.05, 3.63) is 56.4 Å². The van der Waals surface area contributed by atoms with Crippen LogP contribution in [0.4, 0.5) is 5.69 Å². The predicted octanol–water partition coefficient (Wildman–Crippen LogP) is 3.36. The van der Waals surface area contributed by atoms with E-state index in [1.54, 1.807) is 0 Å². The summed E-state index contributed by atoms with van der Waals surface area (Å²) in [6.45, 7) is 5.60. The van der Waals surface area contributed by atoms with Gasteiger partial charge in [0, 0.05) is 17.5 Å². The Morgan fingerprint density at radius 3 is 2.68 bits per heavy atom. The molecule has 0 radical (unpaired) electrons. The van der Waals surface area contributed by atoms with E-state index in [4.69, 9.17) is 0 Å². The van der Waals surface area contributed by atoms with Gasteiger partial charge in [0.2, 0.25) is 5.91 Å². The van der Waals surface area contributed by atoms with Crippen LogP contribution in [0.15, 0.2) is 28.4 Å². The van der Waals surface area contributed by atoms with Crippen molar-refractivity contribution in [1.29, 1.82) is 0 Å². The maximum absolute atomic E-state index is 13.0. The number of benzene rings is 1. The summed E-state index contributed by atoms with van der Waals surface area (Å²) in [4.78, 5) is 41.9. The number of carboxylic acid groups (broad SMARTS) is 1. The Bertz CT molecular complexity index is 1130. The van der Waals surface area contributed by atoms with E-state index in [-0.39, 0.29) is 23.4 Å². The van der Waals surface area contributed by atoms with E-state index in [1.165, 1.54) is 9.95 Å². The van der Waals surface area contributed by atoms with Crippen LogP contribution in [0.5, 0.6) is 0 Å². The molecule has 0 bridgehead atoms. The van der Waals surface area contributed by atoms with E-state index < -0.39 is 11.5 Å². The third-order valence-corrected chi connectivity index (χ3v) is 5.31. The molecule has 2 aromatic heterocycles. The molecule has 8 heteroatoms. The smallest absolute Gasteiger partial charge is 0.337 e. The molecule has 1 aromatic carbocycles. The number of nitrogens with zero attached hydrogens (tertiary/aromatic N) is 2. The number of aromatic nitrogens is 2. The van der Waals surface area contributed by atoms with Crippen molar-refractivity contribution in [2.45, 2.75) is 40.2 Å². The Kier molecular flexibility index (Phi) is 5.60. The van der Waals surface area contributed by atoms with Crippen molar-refractivity contribution in [2.24, 2.45) is 0 Å². The molecule has 0 fully saturated rings. The Balaban J connectivity index is 2.00. The van der Waals surface area contributed by atoms with Gasteiger partial charge >= 0.3 is 5.97 Å². The van der Waals surface area contributed by atoms with Crippen LogP contribution in [0.3, 0.4) is 0 Å². The third-order valence-electron chi connectivity index (χ3n) is 4.43. The lowest BCUT2D eigenvalue weighted by molar-refractivity contribution is -0.116. The van der Waals surface area contributed by atoms with Gasteiger partial charge in [-0.1, -0.05) is 24.6 Å². The number of anilines is 1. The van der Waals surface area contributed by atoms with Crippen LogP contribution in [-0.4, -0.2) is 26.5 Å². The second-order valence-corrected chi connectivity index (χ2v) is 7.53. The number of carbonyl (C=O) groups is 2. The first kappa shape index (κ1) is 19.8. The first-order chi connectivity index (χ1) is 13.3. The molecular weight excluding hydrogens is 378 g/mol. The number of fused-ring (bicyclic) bond motifs is 1. The van der Waals surface area contributed by atoms with E-state index >= 15 is 0 Å². The predicted molar refractivity (Wildman–Crippen MR) is 109 cm³/mol. The summed E-state index contributed by atoms with van der Waals surface area (Å²) in [7, 11) is 0. The maximum Gasteiger partial charge on any atom is 0.337 e. The molecule has 28 heavy (non-hydrogen) atoms. The van der Waals surface area contributed by atoms with Gasteiger partial charge in [0.25, 0.3) is 5.56 Å². The van der Waals surface area contributed by atoms with Gasteiger partial charge < -0.3 is 10.4 Å². The Hall–Kier alpha value is -3.00.